The molecule has 1 N–H and O–H groups in total. The monoisotopic (exact) mass is 299 g/mol. The number of hydrogen-bond acceptors (Lipinski definition) is 2. The zero-order valence-corrected chi connectivity index (χ0v) is 12.9. The number of phenolic OH excluding ortho intramolecular Hbond substituents is 1. The second-order valence-electron chi connectivity index (χ2n) is 5.85. The number of hydrogen-bond donors (Lipinski definition) is 1. The average molecular weight is 300 g/mol. The van der Waals surface area contributed by atoms with Gasteiger partial charge in [-0.25, -0.2) is 0 Å². The summed E-state index contributed by atoms with van der Waals surface area (Å²) in [7, 11) is 2.09. The third-order valence-corrected chi connectivity index (χ3v) is 3.32. The number of phenols is 1. The van der Waals surface area contributed by atoms with Crippen LogP contribution in [-0.4, -0.2) is 23.6 Å². The van der Waals surface area contributed by atoms with E-state index in [1.165, 1.54) is 0 Å². The van der Waals surface area contributed by atoms with Gasteiger partial charge in [-0.15, -0.1) is 0 Å². The Hall–Kier alpha value is -0.540. The van der Waals surface area contributed by atoms with Crippen LogP contribution in [0.3, 0.4) is 0 Å². The molecule has 0 heterocycles. The normalized spacial score (nSPS) is 14.1. The van der Waals surface area contributed by atoms with Crippen molar-refractivity contribution in [3.63, 3.8) is 0 Å². The number of aromatic hydroxyl groups is 1. The van der Waals surface area contributed by atoms with Crippen molar-refractivity contribution in [3.8, 4) is 5.75 Å². The lowest BCUT2D eigenvalue weighted by atomic mass is 9.94. The molecular weight excluding hydrogens is 278 g/mol. The van der Waals surface area contributed by atoms with Gasteiger partial charge in [-0.1, -0.05) is 36.7 Å². The van der Waals surface area contributed by atoms with Crippen molar-refractivity contribution in [2.24, 2.45) is 5.41 Å². The maximum atomic E-state index is 9.91. The smallest absolute Gasteiger partial charge is 0.120 e. The molecular formula is C14H22BrNO. The van der Waals surface area contributed by atoms with Gasteiger partial charge in [0.15, 0.2) is 0 Å². The van der Waals surface area contributed by atoms with E-state index in [1.54, 1.807) is 6.07 Å². The second-order valence-corrected chi connectivity index (χ2v) is 6.77. The van der Waals surface area contributed by atoms with Crippen LogP contribution in [0.4, 0.5) is 0 Å². The van der Waals surface area contributed by atoms with Crippen molar-refractivity contribution in [1.82, 2.24) is 4.90 Å². The summed E-state index contributed by atoms with van der Waals surface area (Å²) < 4.78 is 1.00. The van der Waals surface area contributed by atoms with E-state index < -0.39 is 0 Å². The van der Waals surface area contributed by atoms with E-state index in [2.05, 4.69) is 55.6 Å². The Kier molecular flexibility index (Phi) is 4.62. The number of rotatable bonds is 3. The molecule has 96 valence electrons. The lowest BCUT2D eigenvalue weighted by Gasteiger charge is -2.31. The SMILES string of the molecule is CC(c1cc(Br)ccc1O)N(C)CC(C)(C)C. The predicted molar refractivity (Wildman–Crippen MR) is 76.3 cm³/mol. The van der Waals surface area contributed by atoms with Crippen LogP contribution in [0, 0.1) is 5.41 Å². The van der Waals surface area contributed by atoms with E-state index in [0.29, 0.717) is 5.75 Å². The summed E-state index contributed by atoms with van der Waals surface area (Å²) in [6.07, 6.45) is 0. The number of nitrogens with zero attached hydrogens (tertiary/aromatic N) is 1. The van der Waals surface area contributed by atoms with E-state index in [0.717, 1.165) is 16.6 Å². The van der Waals surface area contributed by atoms with Gasteiger partial charge in [0.1, 0.15) is 5.75 Å². The van der Waals surface area contributed by atoms with E-state index in [9.17, 15) is 5.11 Å². The Balaban J connectivity index is 2.88. The first-order valence-electron chi connectivity index (χ1n) is 5.89. The van der Waals surface area contributed by atoms with Crippen LogP contribution in [0.1, 0.15) is 39.3 Å². The molecule has 0 radical (unpaired) electrons. The quantitative estimate of drug-likeness (QED) is 0.904. The summed E-state index contributed by atoms with van der Waals surface area (Å²) in [6.45, 7) is 9.76. The van der Waals surface area contributed by atoms with Gasteiger partial charge >= 0.3 is 0 Å². The molecule has 1 unspecified atom stereocenters. The highest BCUT2D eigenvalue weighted by Gasteiger charge is 2.20. The standard InChI is InChI=1S/C14H22BrNO/c1-10(16(5)9-14(2,3)4)12-8-11(15)6-7-13(12)17/h6-8,10,17H,9H2,1-5H3. The highest BCUT2D eigenvalue weighted by molar-refractivity contribution is 9.10. The molecule has 17 heavy (non-hydrogen) atoms. The Labute approximate surface area is 113 Å². The average Bonchev–Trinajstić information content (AvgIpc) is 2.18. The van der Waals surface area contributed by atoms with Crippen LogP contribution < -0.4 is 0 Å². The first kappa shape index (κ1) is 14.5. The summed E-state index contributed by atoms with van der Waals surface area (Å²) in [6, 6.07) is 5.78. The second kappa shape index (κ2) is 5.40. The van der Waals surface area contributed by atoms with Crippen LogP contribution in [0.2, 0.25) is 0 Å². The highest BCUT2D eigenvalue weighted by atomic mass is 79.9. The molecule has 0 saturated heterocycles. The molecule has 0 aliphatic heterocycles. The van der Waals surface area contributed by atoms with E-state index in [4.69, 9.17) is 0 Å². The summed E-state index contributed by atoms with van der Waals surface area (Å²) in [5.41, 5.74) is 1.22. The van der Waals surface area contributed by atoms with Gasteiger partial charge in [0.2, 0.25) is 0 Å². The van der Waals surface area contributed by atoms with E-state index in [-0.39, 0.29) is 11.5 Å². The molecule has 2 nitrogen and oxygen atoms in total. The van der Waals surface area contributed by atoms with Gasteiger partial charge < -0.3 is 5.11 Å². The Morgan fingerprint density at radius 3 is 2.47 bits per heavy atom. The number of halogens is 1. The van der Waals surface area contributed by atoms with Crippen molar-refractivity contribution in [1.29, 1.82) is 0 Å². The molecule has 0 saturated carbocycles. The van der Waals surface area contributed by atoms with Crippen molar-refractivity contribution in [2.45, 2.75) is 33.7 Å². The Bertz CT molecular complexity index is 384. The summed E-state index contributed by atoms with van der Waals surface area (Å²) in [4.78, 5) is 2.27. The molecule has 0 spiro atoms. The van der Waals surface area contributed by atoms with Gasteiger partial charge in [0.05, 0.1) is 0 Å². The number of benzene rings is 1. The summed E-state index contributed by atoms with van der Waals surface area (Å²) >= 11 is 3.45. The lowest BCUT2D eigenvalue weighted by molar-refractivity contribution is 0.180. The van der Waals surface area contributed by atoms with Gasteiger partial charge in [0.25, 0.3) is 0 Å². The first-order valence-corrected chi connectivity index (χ1v) is 6.68. The highest BCUT2D eigenvalue weighted by Crippen LogP contribution is 2.31. The lowest BCUT2D eigenvalue weighted by Crippen LogP contribution is -2.31. The predicted octanol–water partition coefficient (Wildman–Crippen LogP) is 4.19. The molecule has 1 aromatic rings. The molecule has 0 aromatic heterocycles. The van der Waals surface area contributed by atoms with Gasteiger partial charge in [0, 0.05) is 22.6 Å². The van der Waals surface area contributed by atoms with Gasteiger partial charge in [-0.2, -0.15) is 0 Å². The van der Waals surface area contributed by atoms with E-state index >= 15 is 0 Å². The van der Waals surface area contributed by atoms with Crippen molar-refractivity contribution in [3.05, 3.63) is 28.2 Å². The molecule has 0 aliphatic carbocycles. The van der Waals surface area contributed by atoms with Gasteiger partial charge in [-0.05, 0) is 37.6 Å². The van der Waals surface area contributed by atoms with Crippen molar-refractivity contribution >= 4 is 15.9 Å². The van der Waals surface area contributed by atoms with Gasteiger partial charge in [-0.3, -0.25) is 4.90 Å². The fourth-order valence-corrected chi connectivity index (χ4v) is 2.36. The van der Waals surface area contributed by atoms with Crippen LogP contribution in [0.25, 0.3) is 0 Å². The topological polar surface area (TPSA) is 23.5 Å². The summed E-state index contributed by atoms with van der Waals surface area (Å²) in [5.74, 6) is 0.362. The van der Waals surface area contributed by atoms with Crippen LogP contribution in [-0.2, 0) is 0 Å². The minimum absolute atomic E-state index is 0.201. The van der Waals surface area contributed by atoms with Crippen molar-refractivity contribution in [2.75, 3.05) is 13.6 Å². The third-order valence-electron chi connectivity index (χ3n) is 2.82. The minimum atomic E-state index is 0.201. The summed E-state index contributed by atoms with van der Waals surface area (Å²) in [5, 5.41) is 9.91. The molecule has 0 amide bonds. The molecule has 0 aliphatic rings. The Morgan fingerprint density at radius 1 is 1.35 bits per heavy atom. The molecule has 0 fully saturated rings. The molecule has 1 atom stereocenters. The van der Waals surface area contributed by atoms with E-state index in [1.807, 2.05) is 12.1 Å². The maximum absolute atomic E-state index is 9.91. The van der Waals surface area contributed by atoms with Crippen LogP contribution >= 0.6 is 15.9 Å². The fourth-order valence-electron chi connectivity index (χ4n) is 1.98. The zero-order valence-electron chi connectivity index (χ0n) is 11.3. The Morgan fingerprint density at radius 2 is 1.94 bits per heavy atom. The first-order chi connectivity index (χ1) is 7.70. The largest absolute Gasteiger partial charge is 0.508 e. The maximum Gasteiger partial charge on any atom is 0.120 e. The third kappa shape index (κ3) is 4.32. The fraction of sp³-hybridized carbons (Fsp3) is 0.571. The van der Waals surface area contributed by atoms with Crippen molar-refractivity contribution < 1.29 is 5.11 Å². The zero-order chi connectivity index (χ0) is 13.2. The molecule has 3 heteroatoms. The molecule has 1 aromatic carbocycles. The van der Waals surface area contributed by atoms with Crippen LogP contribution in [0.15, 0.2) is 22.7 Å². The molecule has 0 bridgehead atoms. The molecule has 1 rings (SSSR count). The van der Waals surface area contributed by atoms with Crippen LogP contribution in [0.5, 0.6) is 5.75 Å². The minimum Gasteiger partial charge on any atom is -0.508 e.